The summed E-state index contributed by atoms with van der Waals surface area (Å²) in [5.41, 5.74) is 8.47. The number of rotatable bonds is 3. The number of hydrogen-bond donors (Lipinski definition) is 2. The Labute approximate surface area is 110 Å². The minimum atomic E-state index is -0.0944. The van der Waals surface area contributed by atoms with Crippen LogP contribution in [0.15, 0.2) is 12.3 Å². The van der Waals surface area contributed by atoms with E-state index in [2.05, 4.69) is 10.4 Å². The quantitative estimate of drug-likeness (QED) is 0.884. The number of thiophene rings is 1. The molecule has 2 aromatic heterocycles. The molecule has 1 amide bonds. The molecule has 0 aliphatic heterocycles. The minimum Gasteiger partial charge on any atom is -0.398 e. The number of carbonyl (C=O) groups is 1. The van der Waals surface area contributed by atoms with E-state index in [-0.39, 0.29) is 5.91 Å². The maximum Gasteiger partial charge on any atom is 0.261 e. The Balaban J connectivity index is 2.02. The van der Waals surface area contributed by atoms with Gasteiger partial charge in [-0.15, -0.1) is 11.3 Å². The standard InChI is InChI=1S/C12H16N4OS/c1-7-9(6-15-16(7)3)5-14-12(17)11-4-10(13)8(2)18-11/h4,6H,5,13H2,1-3H3,(H,14,17). The lowest BCUT2D eigenvalue weighted by atomic mass is 10.2. The second-order valence-corrected chi connectivity index (χ2v) is 5.44. The van der Waals surface area contributed by atoms with Gasteiger partial charge in [0.15, 0.2) is 0 Å². The molecule has 0 fully saturated rings. The van der Waals surface area contributed by atoms with Crippen LogP contribution < -0.4 is 11.1 Å². The third-order valence-corrected chi connectivity index (χ3v) is 4.02. The maximum atomic E-state index is 11.9. The lowest BCUT2D eigenvalue weighted by Crippen LogP contribution is -2.22. The lowest BCUT2D eigenvalue weighted by molar-refractivity contribution is 0.0955. The van der Waals surface area contributed by atoms with Gasteiger partial charge in [0.05, 0.1) is 11.1 Å². The number of carbonyl (C=O) groups excluding carboxylic acids is 1. The number of nitrogen functional groups attached to an aromatic ring is 1. The van der Waals surface area contributed by atoms with Crippen molar-refractivity contribution in [1.29, 1.82) is 0 Å². The van der Waals surface area contributed by atoms with Gasteiger partial charge in [-0.1, -0.05) is 0 Å². The first-order valence-electron chi connectivity index (χ1n) is 5.60. The molecule has 0 atom stereocenters. The van der Waals surface area contributed by atoms with Gasteiger partial charge >= 0.3 is 0 Å². The highest BCUT2D eigenvalue weighted by molar-refractivity contribution is 7.14. The summed E-state index contributed by atoms with van der Waals surface area (Å²) in [5, 5.41) is 7.01. The SMILES string of the molecule is Cc1sc(C(=O)NCc2cnn(C)c2C)cc1N. The van der Waals surface area contributed by atoms with Crippen LogP contribution in [0.4, 0.5) is 5.69 Å². The smallest absolute Gasteiger partial charge is 0.261 e. The molecule has 6 heteroatoms. The molecule has 0 aliphatic rings. The number of nitrogens with one attached hydrogen (secondary N) is 1. The summed E-state index contributed by atoms with van der Waals surface area (Å²) in [5.74, 6) is -0.0944. The highest BCUT2D eigenvalue weighted by Gasteiger charge is 2.11. The largest absolute Gasteiger partial charge is 0.398 e. The number of aromatic nitrogens is 2. The topological polar surface area (TPSA) is 72.9 Å². The van der Waals surface area contributed by atoms with Gasteiger partial charge in [-0.05, 0) is 19.9 Å². The number of hydrogen-bond acceptors (Lipinski definition) is 4. The Kier molecular flexibility index (Phi) is 3.38. The number of amides is 1. The van der Waals surface area contributed by atoms with E-state index in [1.807, 2.05) is 20.9 Å². The summed E-state index contributed by atoms with van der Waals surface area (Å²) >= 11 is 1.41. The average molecular weight is 264 g/mol. The first kappa shape index (κ1) is 12.6. The van der Waals surface area contributed by atoms with Gasteiger partial charge in [0.25, 0.3) is 5.91 Å². The Bertz CT molecular complexity index is 565. The predicted molar refractivity (Wildman–Crippen MR) is 72.6 cm³/mol. The highest BCUT2D eigenvalue weighted by Crippen LogP contribution is 2.23. The summed E-state index contributed by atoms with van der Waals surface area (Å²) in [4.78, 5) is 13.5. The summed E-state index contributed by atoms with van der Waals surface area (Å²) in [6.07, 6.45) is 1.77. The molecule has 0 unspecified atom stereocenters. The number of aryl methyl sites for hydroxylation is 2. The van der Waals surface area contributed by atoms with Gasteiger partial charge in [0.2, 0.25) is 0 Å². The van der Waals surface area contributed by atoms with Crippen LogP contribution in [-0.4, -0.2) is 15.7 Å². The zero-order chi connectivity index (χ0) is 13.3. The summed E-state index contributed by atoms with van der Waals surface area (Å²) in [6.45, 7) is 4.36. The van der Waals surface area contributed by atoms with Crippen molar-refractivity contribution in [2.24, 2.45) is 7.05 Å². The molecular formula is C12H16N4OS. The lowest BCUT2D eigenvalue weighted by Gasteiger charge is -2.03. The molecule has 0 aliphatic carbocycles. The maximum absolute atomic E-state index is 11.9. The Morgan fingerprint density at radius 1 is 1.56 bits per heavy atom. The zero-order valence-corrected chi connectivity index (χ0v) is 11.5. The number of nitrogens with zero attached hydrogens (tertiary/aromatic N) is 2. The van der Waals surface area contributed by atoms with Crippen molar-refractivity contribution in [3.63, 3.8) is 0 Å². The van der Waals surface area contributed by atoms with E-state index in [9.17, 15) is 4.79 Å². The molecule has 2 heterocycles. The van der Waals surface area contributed by atoms with E-state index in [0.717, 1.165) is 16.1 Å². The van der Waals surface area contributed by atoms with Gasteiger partial charge in [0, 0.05) is 35.4 Å². The van der Waals surface area contributed by atoms with Crippen molar-refractivity contribution in [2.45, 2.75) is 20.4 Å². The van der Waals surface area contributed by atoms with Gasteiger partial charge in [-0.2, -0.15) is 5.10 Å². The number of anilines is 1. The van der Waals surface area contributed by atoms with Crippen LogP contribution in [0.1, 0.15) is 25.8 Å². The molecular weight excluding hydrogens is 248 g/mol. The Hall–Kier alpha value is -1.82. The fraction of sp³-hybridized carbons (Fsp3) is 0.333. The minimum absolute atomic E-state index is 0.0944. The molecule has 96 valence electrons. The molecule has 0 radical (unpaired) electrons. The van der Waals surface area contributed by atoms with Crippen LogP contribution in [0, 0.1) is 13.8 Å². The first-order valence-corrected chi connectivity index (χ1v) is 6.42. The second kappa shape index (κ2) is 4.81. The molecule has 5 nitrogen and oxygen atoms in total. The molecule has 0 spiro atoms. The van der Waals surface area contributed by atoms with Crippen LogP contribution in [0.25, 0.3) is 0 Å². The van der Waals surface area contributed by atoms with Crippen molar-refractivity contribution in [3.05, 3.63) is 33.3 Å². The number of nitrogens with two attached hydrogens (primary N) is 1. The van der Waals surface area contributed by atoms with E-state index in [1.165, 1.54) is 11.3 Å². The van der Waals surface area contributed by atoms with Gasteiger partial charge < -0.3 is 11.1 Å². The molecule has 0 saturated heterocycles. The van der Waals surface area contributed by atoms with Crippen molar-refractivity contribution >= 4 is 22.9 Å². The van der Waals surface area contributed by atoms with Gasteiger partial charge in [-0.3, -0.25) is 9.48 Å². The van der Waals surface area contributed by atoms with E-state index in [0.29, 0.717) is 17.1 Å². The Morgan fingerprint density at radius 3 is 2.78 bits per heavy atom. The third kappa shape index (κ3) is 2.38. The fourth-order valence-electron chi connectivity index (χ4n) is 1.59. The van der Waals surface area contributed by atoms with Gasteiger partial charge in [-0.25, -0.2) is 0 Å². The van der Waals surface area contributed by atoms with Crippen LogP contribution in [0.2, 0.25) is 0 Å². The summed E-state index contributed by atoms with van der Waals surface area (Å²) in [6, 6.07) is 1.71. The monoisotopic (exact) mass is 264 g/mol. The molecule has 3 N–H and O–H groups in total. The predicted octanol–water partition coefficient (Wildman–Crippen LogP) is 1.61. The van der Waals surface area contributed by atoms with Crippen LogP contribution in [0.3, 0.4) is 0 Å². The molecule has 0 saturated carbocycles. The molecule has 2 rings (SSSR count). The van der Waals surface area contributed by atoms with Crippen molar-refractivity contribution in [3.8, 4) is 0 Å². The summed E-state index contributed by atoms with van der Waals surface area (Å²) < 4.78 is 1.79. The van der Waals surface area contributed by atoms with E-state index in [4.69, 9.17) is 5.73 Å². The van der Waals surface area contributed by atoms with Crippen molar-refractivity contribution < 1.29 is 4.79 Å². The molecule has 2 aromatic rings. The van der Waals surface area contributed by atoms with E-state index < -0.39 is 0 Å². The fourth-order valence-corrected chi connectivity index (χ4v) is 2.45. The zero-order valence-electron chi connectivity index (χ0n) is 10.7. The first-order chi connectivity index (χ1) is 8.49. The normalized spacial score (nSPS) is 10.6. The van der Waals surface area contributed by atoms with E-state index >= 15 is 0 Å². The van der Waals surface area contributed by atoms with Crippen LogP contribution in [-0.2, 0) is 13.6 Å². The van der Waals surface area contributed by atoms with E-state index in [1.54, 1.807) is 16.9 Å². The Morgan fingerprint density at radius 2 is 2.28 bits per heavy atom. The summed E-state index contributed by atoms with van der Waals surface area (Å²) in [7, 11) is 1.88. The second-order valence-electron chi connectivity index (χ2n) is 4.18. The molecule has 0 aromatic carbocycles. The van der Waals surface area contributed by atoms with Crippen LogP contribution in [0.5, 0.6) is 0 Å². The van der Waals surface area contributed by atoms with Crippen LogP contribution >= 0.6 is 11.3 Å². The molecule has 0 bridgehead atoms. The van der Waals surface area contributed by atoms with Crippen molar-refractivity contribution in [2.75, 3.05) is 5.73 Å². The van der Waals surface area contributed by atoms with Crippen molar-refractivity contribution in [1.82, 2.24) is 15.1 Å². The highest BCUT2D eigenvalue weighted by atomic mass is 32.1. The third-order valence-electron chi connectivity index (χ3n) is 2.96. The average Bonchev–Trinajstić information content (AvgIpc) is 2.83. The van der Waals surface area contributed by atoms with Gasteiger partial charge in [0.1, 0.15) is 0 Å². The molecule has 18 heavy (non-hydrogen) atoms.